The first-order chi connectivity index (χ1) is 10.1. The predicted octanol–water partition coefficient (Wildman–Crippen LogP) is 2.07. The molecule has 6 heteroatoms. The van der Waals surface area contributed by atoms with Gasteiger partial charge in [0, 0.05) is 38.2 Å². The SMILES string of the molecule is COCCN(CCC(N)=S)c1nccc2ccc(O)cc12. The van der Waals surface area contributed by atoms with Crippen LogP contribution in [0.25, 0.3) is 10.8 Å². The van der Waals surface area contributed by atoms with E-state index in [2.05, 4.69) is 9.88 Å². The summed E-state index contributed by atoms with van der Waals surface area (Å²) in [5.74, 6) is 1.02. The summed E-state index contributed by atoms with van der Waals surface area (Å²) in [6.45, 7) is 1.93. The summed E-state index contributed by atoms with van der Waals surface area (Å²) < 4.78 is 5.15. The summed E-state index contributed by atoms with van der Waals surface area (Å²) in [4.78, 5) is 7.00. The minimum absolute atomic E-state index is 0.220. The second kappa shape index (κ2) is 7.19. The van der Waals surface area contributed by atoms with Crippen molar-refractivity contribution in [2.75, 3.05) is 31.7 Å². The van der Waals surface area contributed by atoms with Gasteiger partial charge in [0.2, 0.25) is 0 Å². The highest BCUT2D eigenvalue weighted by Gasteiger charge is 2.12. The molecule has 2 rings (SSSR count). The van der Waals surface area contributed by atoms with Gasteiger partial charge in [-0.1, -0.05) is 18.3 Å². The first-order valence-electron chi connectivity index (χ1n) is 6.71. The Kier molecular flexibility index (Phi) is 5.30. The first-order valence-corrected chi connectivity index (χ1v) is 7.12. The third-order valence-corrected chi connectivity index (χ3v) is 3.43. The van der Waals surface area contributed by atoms with Crippen LogP contribution >= 0.6 is 12.2 Å². The van der Waals surface area contributed by atoms with Crippen LogP contribution < -0.4 is 10.6 Å². The average molecular weight is 305 g/mol. The lowest BCUT2D eigenvalue weighted by molar-refractivity contribution is 0.205. The van der Waals surface area contributed by atoms with E-state index in [-0.39, 0.29) is 5.75 Å². The van der Waals surface area contributed by atoms with Gasteiger partial charge in [-0.25, -0.2) is 4.98 Å². The molecule has 0 aliphatic carbocycles. The molecule has 0 spiro atoms. The van der Waals surface area contributed by atoms with Crippen LogP contribution in [0.1, 0.15) is 6.42 Å². The molecule has 1 aromatic heterocycles. The Morgan fingerprint density at radius 2 is 2.19 bits per heavy atom. The van der Waals surface area contributed by atoms with Crippen molar-refractivity contribution in [3.63, 3.8) is 0 Å². The van der Waals surface area contributed by atoms with Gasteiger partial charge >= 0.3 is 0 Å². The highest BCUT2D eigenvalue weighted by atomic mass is 32.1. The van der Waals surface area contributed by atoms with E-state index in [0.717, 1.165) is 16.6 Å². The number of hydrogen-bond acceptors (Lipinski definition) is 5. The molecule has 0 aliphatic heterocycles. The lowest BCUT2D eigenvalue weighted by Gasteiger charge is -2.24. The second-order valence-electron chi connectivity index (χ2n) is 4.74. The minimum atomic E-state index is 0.220. The van der Waals surface area contributed by atoms with Gasteiger partial charge in [0.15, 0.2) is 0 Å². The molecule has 0 saturated heterocycles. The van der Waals surface area contributed by atoms with Gasteiger partial charge in [-0.2, -0.15) is 0 Å². The van der Waals surface area contributed by atoms with Gasteiger partial charge in [0.1, 0.15) is 11.6 Å². The van der Waals surface area contributed by atoms with Gasteiger partial charge in [0.25, 0.3) is 0 Å². The summed E-state index contributed by atoms with van der Waals surface area (Å²) in [6.07, 6.45) is 2.37. The van der Waals surface area contributed by atoms with E-state index in [0.29, 0.717) is 31.1 Å². The van der Waals surface area contributed by atoms with Crippen molar-refractivity contribution in [3.05, 3.63) is 30.5 Å². The Balaban J connectivity index is 2.37. The largest absolute Gasteiger partial charge is 0.508 e. The van der Waals surface area contributed by atoms with Crippen molar-refractivity contribution in [2.45, 2.75) is 6.42 Å². The number of benzene rings is 1. The molecule has 5 nitrogen and oxygen atoms in total. The zero-order valence-electron chi connectivity index (χ0n) is 12.0. The number of phenolic OH excluding ortho intramolecular Hbond substituents is 1. The number of nitrogens with two attached hydrogens (primary N) is 1. The molecule has 0 saturated carbocycles. The van der Waals surface area contributed by atoms with Crippen molar-refractivity contribution in [2.24, 2.45) is 5.73 Å². The van der Waals surface area contributed by atoms with E-state index < -0.39 is 0 Å². The number of aromatic hydroxyl groups is 1. The molecule has 0 amide bonds. The second-order valence-corrected chi connectivity index (χ2v) is 5.26. The standard InChI is InChI=1S/C15H19N3O2S/c1-20-9-8-18(7-5-14(16)21)15-13-10-12(19)3-2-11(13)4-6-17-15/h2-4,6,10,19H,5,7-9H2,1H3,(H2,16,21). The molecule has 0 aliphatic rings. The Morgan fingerprint density at radius 3 is 2.90 bits per heavy atom. The number of methoxy groups -OCH3 is 1. The number of ether oxygens (including phenoxy) is 1. The Hall–Kier alpha value is -1.92. The van der Waals surface area contributed by atoms with E-state index in [1.807, 2.05) is 12.1 Å². The molecule has 0 fully saturated rings. The van der Waals surface area contributed by atoms with Gasteiger partial charge in [-0.05, 0) is 23.6 Å². The molecule has 0 atom stereocenters. The summed E-state index contributed by atoms with van der Waals surface area (Å²) in [5, 5.41) is 11.6. The van der Waals surface area contributed by atoms with E-state index in [9.17, 15) is 5.11 Å². The minimum Gasteiger partial charge on any atom is -0.508 e. The lowest BCUT2D eigenvalue weighted by Crippen LogP contribution is -2.31. The van der Waals surface area contributed by atoms with Crippen LogP contribution in [0.2, 0.25) is 0 Å². The van der Waals surface area contributed by atoms with E-state index >= 15 is 0 Å². The summed E-state index contributed by atoms with van der Waals surface area (Å²) in [6, 6.07) is 7.18. The van der Waals surface area contributed by atoms with Crippen molar-refractivity contribution >= 4 is 33.8 Å². The zero-order chi connectivity index (χ0) is 15.2. The fraction of sp³-hybridized carbons (Fsp3) is 0.333. The number of thiocarbonyl (C=S) groups is 1. The summed E-state index contributed by atoms with van der Waals surface area (Å²) in [5.41, 5.74) is 5.60. The zero-order valence-corrected chi connectivity index (χ0v) is 12.8. The third-order valence-electron chi connectivity index (χ3n) is 3.22. The summed E-state index contributed by atoms with van der Waals surface area (Å²) in [7, 11) is 1.66. The number of hydrogen-bond donors (Lipinski definition) is 2. The maximum Gasteiger partial charge on any atom is 0.136 e. The fourth-order valence-electron chi connectivity index (χ4n) is 2.16. The molecule has 1 heterocycles. The number of nitrogens with zero attached hydrogens (tertiary/aromatic N) is 2. The van der Waals surface area contributed by atoms with Crippen LogP contribution in [0, 0.1) is 0 Å². The van der Waals surface area contributed by atoms with Gasteiger partial charge in [-0.3, -0.25) is 0 Å². The number of aromatic nitrogens is 1. The molecule has 2 aromatic rings. The van der Waals surface area contributed by atoms with E-state index in [4.69, 9.17) is 22.7 Å². The Bertz CT molecular complexity index is 633. The molecule has 0 unspecified atom stereocenters. The van der Waals surface area contributed by atoms with E-state index in [1.165, 1.54) is 0 Å². The third kappa shape index (κ3) is 4.03. The topological polar surface area (TPSA) is 71.6 Å². The number of pyridine rings is 1. The van der Waals surface area contributed by atoms with Crippen LogP contribution in [-0.4, -0.2) is 41.9 Å². The van der Waals surface area contributed by atoms with Crippen molar-refractivity contribution in [1.29, 1.82) is 0 Å². The number of fused-ring (bicyclic) bond motifs is 1. The first kappa shape index (κ1) is 15.5. The molecule has 0 bridgehead atoms. The van der Waals surface area contributed by atoms with Crippen molar-refractivity contribution in [1.82, 2.24) is 4.98 Å². The fourth-order valence-corrected chi connectivity index (χ4v) is 2.25. The molecule has 112 valence electrons. The van der Waals surface area contributed by atoms with E-state index in [1.54, 1.807) is 25.4 Å². The molecule has 21 heavy (non-hydrogen) atoms. The van der Waals surface area contributed by atoms with Crippen LogP contribution in [0.5, 0.6) is 5.75 Å². The van der Waals surface area contributed by atoms with Crippen LogP contribution in [0.3, 0.4) is 0 Å². The smallest absolute Gasteiger partial charge is 0.136 e. The van der Waals surface area contributed by atoms with Crippen LogP contribution in [-0.2, 0) is 4.74 Å². The maximum atomic E-state index is 9.72. The number of phenols is 1. The maximum absolute atomic E-state index is 9.72. The van der Waals surface area contributed by atoms with Crippen molar-refractivity contribution in [3.8, 4) is 5.75 Å². The highest BCUT2D eigenvalue weighted by molar-refractivity contribution is 7.80. The molecular formula is C15H19N3O2S. The Labute approximate surface area is 129 Å². The number of rotatable bonds is 7. The van der Waals surface area contributed by atoms with Crippen molar-refractivity contribution < 1.29 is 9.84 Å². The summed E-state index contributed by atoms with van der Waals surface area (Å²) >= 11 is 4.95. The lowest BCUT2D eigenvalue weighted by atomic mass is 10.1. The normalized spacial score (nSPS) is 10.7. The predicted molar refractivity (Wildman–Crippen MR) is 88.9 cm³/mol. The highest BCUT2D eigenvalue weighted by Crippen LogP contribution is 2.27. The average Bonchev–Trinajstić information content (AvgIpc) is 2.47. The molecule has 1 aromatic carbocycles. The van der Waals surface area contributed by atoms with Gasteiger partial charge < -0.3 is 20.5 Å². The van der Waals surface area contributed by atoms with Gasteiger partial charge in [-0.15, -0.1) is 0 Å². The Morgan fingerprint density at radius 1 is 1.38 bits per heavy atom. The number of anilines is 1. The van der Waals surface area contributed by atoms with Crippen LogP contribution in [0.15, 0.2) is 30.5 Å². The molecule has 3 N–H and O–H groups in total. The molecule has 0 radical (unpaired) electrons. The van der Waals surface area contributed by atoms with Gasteiger partial charge in [0.05, 0.1) is 11.6 Å². The monoisotopic (exact) mass is 305 g/mol. The molecular weight excluding hydrogens is 286 g/mol. The van der Waals surface area contributed by atoms with Crippen LogP contribution in [0.4, 0.5) is 5.82 Å². The quantitative estimate of drug-likeness (QED) is 0.763.